The van der Waals surface area contributed by atoms with Crippen LogP contribution in [0.15, 0.2) is 36.5 Å². The summed E-state index contributed by atoms with van der Waals surface area (Å²) in [6.45, 7) is 4.43. The first-order chi connectivity index (χ1) is 10.4. The number of aromatic carboxylic acids is 1. The molecular weight excluding hydrogens is 284 g/mol. The smallest absolute Gasteiger partial charge is 0.352 e. The van der Waals surface area contributed by atoms with E-state index in [1.807, 2.05) is 6.20 Å². The van der Waals surface area contributed by atoms with Crippen LogP contribution in [0.4, 0.5) is 5.69 Å². The first-order valence-electron chi connectivity index (χ1n) is 7.02. The highest BCUT2D eigenvalue weighted by Gasteiger charge is 2.14. The molecule has 0 spiro atoms. The zero-order valence-corrected chi connectivity index (χ0v) is 12.5. The van der Waals surface area contributed by atoms with Crippen molar-refractivity contribution in [2.45, 2.75) is 26.8 Å². The fraction of sp³-hybridized carbons (Fsp3) is 0.312. The molecular formula is C16H18N2O4. The summed E-state index contributed by atoms with van der Waals surface area (Å²) in [6.07, 6.45) is 2.60. The molecule has 0 fully saturated rings. The molecule has 1 aromatic heterocycles. The van der Waals surface area contributed by atoms with Crippen molar-refractivity contribution in [3.8, 4) is 0 Å². The number of carbonyl (C=O) groups is 1. The number of nitro groups is 1. The Bertz CT molecular complexity index is 704. The molecule has 22 heavy (non-hydrogen) atoms. The zero-order valence-electron chi connectivity index (χ0n) is 12.5. The van der Waals surface area contributed by atoms with Crippen molar-refractivity contribution in [1.29, 1.82) is 0 Å². The van der Waals surface area contributed by atoms with Gasteiger partial charge in [0, 0.05) is 24.9 Å². The van der Waals surface area contributed by atoms with Crippen molar-refractivity contribution in [1.82, 2.24) is 4.57 Å². The van der Waals surface area contributed by atoms with Crippen LogP contribution in [0.3, 0.4) is 0 Å². The molecule has 116 valence electrons. The summed E-state index contributed by atoms with van der Waals surface area (Å²) in [6, 6.07) is 7.90. The number of carboxylic acid groups (broad SMARTS) is 1. The SMILES string of the molecule is CC(C)Cc1cc(C(=O)O)n(Cc2cccc([N+](=O)[O-])c2)c1. The Balaban J connectivity index is 2.31. The van der Waals surface area contributed by atoms with Crippen molar-refractivity contribution in [3.05, 3.63) is 63.5 Å². The molecule has 6 nitrogen and oxygen atoms in total. The molecule has 0 amide bonds. The van der Waals surface area contributed by atoms with Crippen molar-refractivity contribution < 1.29 is 14.8 Å². The van der Waals surface area contributed by atoms with E-state index in [4.69, 9.17) is 0 Å². The van der Waals surface area contributed by atoms with Gasteiger partial charge < -0.3 is 9.67 Å². The minimum atomic E-state index is -1.000. The number of nitro benzene ring substituents is 1. The normalized spacial score (nSPS) is 10.9. The van der Waals surface area contributed by atoms with Gasteiger partial charge in [-0.25, -0.2) is 4.79 Å². The lowest BCUT2D eigenvalue weighted by Crippen LogP contribution is -2.08. The van der Waals surface area contributed by atoms with Crippen LogP contribution in [-0.4, -0.2) is 20.6 Å². The molecule has 1 heterocycles. The average molecular weight is 302 g/mol. The summed E-state index contributed by atoms with van der Waals surface area (Å²) in [5.41, 5.74) is 1.85. The van der Waals surface area contributed by atoms with Gasteiger partial charge in [0.1, 0.15) is 5.69 Å². The Morgan fingerprint density at radius 2 is 2.05 bits per heavy atom. The topological polar surface area (TPSA) is 85.4 Å². The zero-order chi connectivity index (χ0) is 16.3. The number of aromatic nitrogens is 1. The van der Waals surface area contributed by atoms with E-state index in [1.165, 1.54) is 12.1 Å². The van der Waals surface area contributed by atoms with E-state index in [1.54, 1.807) is 22.8 Å². The van der Waals surface area contributed by atoms with Crippen molar-refractivity contribution in [2.75, 3.05) is 0 Å². The summed E-state index contributed by atoms with van der Waals surface area (Å²) in [7, 11) is 0. The molecule has 2 aromatic rings. The van der Waals surface area contributed by atoms with Crippen molar-refractivity contribution in [2.24, 2.45) is 5.92 Å². The minimum absolute atomic E-state index is 0.00364. The predicted molar refractivity (Wildman–Crippen MR) is 82.1 cm³/mol. The number of non-ortho nitro benzene ring substituents is 1. The largest absolute Gasteiger partial charge is 0.477 e. The highest BCUT2D eigenvalue weighted by Crippen LogP contribution is 2.18. The van der Waals surface area contributed by atoms with Gasteiger partial charge in [0.05, 0.1) is 4.92 Å². The van der Waals surface area contributed by atoms with Gasteiger partial charge in [-0.15, -0.1) is 0 Å². The molecule has 0 bridgehead atoms. The highest BCUT2D eigenvalue weighted by atomic mass is 16.6. The van der Waals surface area contributed by atoms with Crippen LogP contribution in [0.1, 0.15) is 35.5 Å². The lowest BCUT2D eigenvalue weighted by Gasteiger charge is -2.06. The van der Waals surface area contributed by atoms with Crippen LogP contribution in [0.5, 0.6) is 0 Å². The first kappa shape index (κ1) is 15.8. The van der Waals surface area contributed by atoms with Gasteiger partial charge >= 0.3 is 5.97 Å². The summed E-state index contributed by atoms with van der Waals surface area (Å²) in [5.74, 6) is -0.573. The van der Waals surface area contributed by atoms with E-state index >= 15 is 0 Å². The third kappa shape index (κ3) is 3.72. The monoisotopic (exact) mass is 302 g/mol. The number of hydrogen-bond acceptors (Lipinski definition) is 3. The van der Waals surface area contributed by atoms with E-state index in [2.05, 4.69) is 13.8 Å². The second kappa shape index (κ2) is 6.43. The molecule has 0 unspecified atom stereocenters. The average Bonchev–Trinajstić information content (AvgIpc) is 2.81. The van der Waals surface area contributed by atoms with Gasteiger partial charge in [0.25, 0.3) is 5.69 Å². The number of carboxylic acids is 1. The molecule has 0 aliphatic rings. The molecule has 2 rings (SSSR count). The molecule has 0 radical (unpaired) electrons. The van der Waals surface area contributed by atoms with Crippen molar-refractivity contribution in [3.63, 3.8) is 0 Å². The number of rotatable bonds is 6. The Labute approximate surface area is 128 Å². The van der Waals surface area contributed by atoms with E-state index in [0.717, 1.165) is 12.0 Å². The molecule has 0 atom stereocenters. The molecule has 0 aliphatic heterocycles. The third-order valence-electron chi connectivity index (χ3n) is 3.29. The quantitative estimate of drug-likeness (QED) is 0.655. The molecule has 6 heteroatoms. The fourth-order valence-electron chi connectivity index (χ4n) is 2.43. The van der Waals surface area contributed by atoms with Crippen LogP contribution in [0.2, 0.25) is 0 Å². The lowest BCUT2D eigenvalue weighted by molar-refractivity contribution is -0.384. The van der Waals surface area contributed by atoms with Crippen LogP contribution in [0, 0.1) is 16.0 Å². The molecule has 0 saturated heterocycles. The van der Waals surface area contributed by atoms with E-state index in [0.29, 0.717) is 18.0 Å². The summed E-state index contributed by atoms with van der Waals surface area (Å²) in [5, 5.41) is 20.1. The maximum Gasteiger partial charge on any atom is 0.352 e. The first-order valence-corrected chi connectivity index (χ1v) is 7.02. The summed E-state index contributed by atoms with van der Waals surface area (Å²) < 4.78 is 1.62. The number of hydrogen-bond donors (Lipinski definition) is 1. The lowest BCUT2D eigenvalue weighted by atomic mass is 10.1. The van der Waals surface area contributed by atoms with Gasteiger partial charge in [-0.05, 0) is 29.5 Å². The van der Waals surface area contributed by atoms with Crippen LogP contribution in [-0.2, 0) is 13.0 Å². The maximum absolute atomic E-state index is 11.4. The molecule has 1 N–H and O–H groups in total. The maximum atomic E-state index is 11.4. The molecule has 1 aromatic carbocycles. The van der Waals surface area contributed by atoms with Gasteiger partial charge in [0.2, 0.25) is 0 Å². The van der Waals surface area contributed by atoms with Gasteiger partial charge in [-0.3, -0.25) is 10.1 Å². The van der Waals surface area contributed by atoms with Crippen LogP contribution in [0.25, 0.3) is 0 Å². The summed E-state index contributed by atoms with van der Waals surface area (Å²) in [4.78, 5) is 21.7. The Kier molecular flexibility index (Phi) is 4.60. The van der Waals surface area contributed by atoms with Crippen LogP contribution >= 0.6 is 0 Å². The molecule has 0 aliphatic carbocycles. The van der Waals surface area contributed by atoms with E-state index < -0.39 is 10.9 Å². The predicted octanol–water partition coefficient (Wildman–Crippen LogP) is 3.34. The van der Waals surface area contributed by atoms with Gasteiger partial charge in [0.15, 0.2) is 0 Å². The second-order valence-electron chi connectivity index (χ2n) is 5.69. The Morgan fingerprint density at radius 3 is 2.64 bits per heavy atom. The fourth-order valence-corrected chi connectivity index (χ4v) is 2.43. The Morgan fingerprint density at radius 1 is 1.32 bits per heavy atom. The standard InChI is InChI=1S/C16H18N2O4/c1-11(2)6-13-8-15(16(19)20)17(10-13)9-12-4-3-5-14(7-12)18(21)22/h3-5,7-8,10-11H,6,9H2,1-2H3,(H,19,20). The molecule has 0 saturated carbocycles. The van der Waals surface area contributed by atoms with Gasteiger partial charge in [-0.1, -0.05) is 26.0 Å². The van der Waals surface area contributed by atoms with Crippen molar-refractivity contribution >= 4 is 11.7 Å². The summed E-state index contributed by atoms with van der Waals surface area (Å²) >= 11 is 0. The number of benzene rings is 1. The van der Waals surface area contributed by atoms with Gasteiger partial charge in [-0.2, -0.15) is 0 Å². The second-order valence-corrected chi connectivity index (χ2v) is 5.69. The van der Waals surface area contributed by atoms with E-state index in [-0.39, 0.29) is 11.4 Å². The van der Waals surface area contributed by atoms with E-state index in [9.17, 15) is 20.0 Å². The number of nitrogens with zero attached hydrogens (tertiary/aromatic N) is 2. The van der Waals surface area contributed by atoms with Crippen LogP contribution < -0.4 is 0 Å². The third-order valence-corrected chi connectivity index (χ3v) is 3.29. The highest BCUT2D eigenvalue weighted by molar-refractivity contribution is 5.86. The Hall–Kier alpha value is -2.63. The minimum Gasteiger partial charge on any atom is -0.477 e.